The van der Waals surface area contributed by atoms with Crippen molar-refractivity contribution in [3.8, 4) is 34.0 Å². The summed E-state index contributed by atoms with van der Waals surface area (Å²) in [6, 6.07) is 43.7. The molecule has 2 heterocycles. The van der Waals surface area contributed by atoms with Gasteiger partial charge in [0.05, 0.1) is 46.2 Å². The predicted molar refractivity (Wildman–Crippen MR) is 180 cm³/mol. The van der Waals surface area contributed by atoms with Crippen LogP contribution in [0.2, 0.25) is 0 Å². The summed E-state index contributed by atoms with van der Waals surface area (Å²) in [6.07, 6.45) is 0. The van der Waals surface area contributed by atoms with Crippen molar-refractivity contribution in [3.63, 3.8) is 0 Å². The number of benzene rings is 6. The van der Waals surface area contributed by atoms with Crippen LogP contribution in [0.1, 0.15) is 26.3 Å². The van der Waals surface area contributed by atoms with Crippen LogP contribution in [0.3, 0.4) is 0 Å². The molecule has 0 N–H and O–H groups in total. The number of hydrogen-bond donors (Lipinski definition) is 0. The Hall–Kier alpha value is -6.76. The molecule has 0 unspecified atom stereocenters. The number of para-hydroxylation sites is 3. The van der Waals surface area contributed by atoms with Crippen LogP contribution in [0.25, 0.3) is 54.6 Å². The van der Waals surface area contributed by atoms with Crippen molar-refractivity contribution >= 4 is 45.0 Å². The quantitative estimate of drug-likeness (QED) is 0.151. The van der Waals surface area contributed by atoms with Crippen LogP contribution in [0.15, 0.2) is 133 Å². The van der Waals surface area contributed by atoms with Gasteiger partial charge in [-0.15, -0.1) is 0 Å². The van der Waals surface area contributed by atoms with Gasteiger partial charge < -0.3 is 4.57 Å². The number of carbonyl (C=O) groups is 2. The normalized spacial score (nSPS) is 12.3. The molecule has 2 amide bonds. The summed E-state index contributed by atoms with van der Waals surface area (Å²) in [5, 5.41) is 11.6. The van der Waals surface area contributed by atoms with Crippen molar-refractivity contribution < 1.29 is 9.59 Å². The third-order valence-electron chi connectivity index (χ3n) is 8.55. The molecule has 8 rings (SSSR count). The lowest BCUT2D eigenvalue weighted by Crippen LogP contribution is -2.30. The minimum Gasteiger partial charge on any atom is -0.308 e. The third-order valence-corrected chi connectivity index (χ3v) is 8.55. The molecule has 0 spiro atoms. The molecular formula is C40H22N4O2. The zero-order valence-corrected chi connectivity index (χ0v) is 24.3. The van der Waals surface area contributed by atoms with Gasteiger partial charge in [0.15, 0.2) is 5.69 Å². The van der Waals surface area contributed by atoms with Crippen molar-refractivity contribution in [2.24, 2.45) is 0 Å². The van der Waals surface area contributed by atoms with Gasteiger partial charge >= 0.3 is 0 Å². The van der Waals surface area contributed by atoms with Gasteiger partial charge in [-0.05, 0) is 53.6 Å². The van der Waals surface area contributed by atoms with Crippen LogP contribution < -0.4 is 4.90 Å². The third kappa shape index (κ3) is 3.95. The second-order valence-electron chi connectivity index (χ2n) is 11.1. The highest BCUT2D eigenvalue weighted by atomic mass is 16.2. The van der Waals surface area contributed by atoms with Crippen molar-refractivity contribution in [1.29, 1.82) is 5.26 Å². The van der Waals surface area contributed by atoms with Crippen LogP contribution in [0.4, 0.5) is 11.4 Å². The monoisotopic (exact) mass is 590 g/mol. The highest BCUT2D eigenvalue weighted by Crippen LogP contribution is 2.43. The average Bonchev–Trinajstić information content (AvgIpc) is 3.59. The minimum atomic E-state index is -0.399. The molecule has 6 nitrogen and oxygen atoms in total. The molecule has 1 aromatic heterocycles. The summed E-state index contributed by atoms with van der Waals surface area (Å²) in [7, 11) is 0. The van der Waals surface area contributed by atoms with Gasteiger partial charge in [-0.2, -0.15) is 5.26 Å². The maximum Gasteiger partial charge on any atom is 0.268 e. The lowest BCUT2D eigenvalue weighted by molar-refractivity contribution is 0.0926. The first-order valence-electron chi connectivity index (χ1n) is 14.7. The number of fused-ring (bicyclic) bond motifs is 4. The predicted octanol–water partition coefficient (Wildman–Crippen LogP) is 9.34. The van der Waals surface area contributed by atoms with Crippen molar-refractivity contribution in [3.05, 3.63) is 162 Å². The summed E-state index contributed by atoms with van der Waals surface area (Å²) in [4.78, 5) is 33.5. The maximum absolute atomic E-state index is 14.5. The van der Waals surface area contributed by atoms with E-state index < -0.39 is 5.91 Å². The van der Waals surface area contributed by atoms with Crippen LogP contribution in [0, 0.1) is 17.9 Å². The van der Waals surface area contributed by atoms with E-state index in [1.807, 2.05) is 108 Å². The number of hydrogen-bond acceptors (Lipinski definition) is 3. The smallest absolute Gasteiger partial charge is 0.268 e. The number of carbonyl (C=O) groups excluding carboxylic acids is 2. The number of imide groups is 1. The van der Waals surface area contributed by atoms with Gasteiger partial charge in [0.25, 0.3) is 11.8 Å². The van der Waals surface area contributed by atoms with Gasteiger partial charge in [-0.25, -0.2) is 9.74 Å². The van der Waals surface area contributed by atoms with Crippen molar-refractivity contribution in [1.82, 2.24) is 4.57 Å². The lowest BCUT2D eigenvalue weighted by Gasteiger charge is -2.19. The van der Waals surface area contributed by atoms with Gasteiger partial charge in [-0.3, -0.25) is 9.59 Å². The van der Waals surface area contributed by atoms with Crippen LogP contribution in [0.5, 0.6) is 0 Å². The zero-order chi connectivity index (χ0) is 31.4. The molecule has 0 saturated carbocycles. The second-order valence-corrected chi connectivity index (χ2v) is 11.1. The number of amides is 2. The van der Waals surface area contributed by atoms with Crippen LogP contribution in [-0.2, 0) is 0 Å². The van der Waals surface area contributed by atoms with E-state index in [1.165, 1.54) is 4.90 Å². The van der Waals surface area contributed by atoms with E-state index in [9.17, 15) is 14.9 Å². The van der Waals surface area contributed by atoms with E-state index in [-0.39, 0.29) is 5.91 Å². The number of anilines is 1. The fourth-order valence-corrected chi connectivity index (χ4v) is 6.60. The molecule has 6 heteroatoms. The molecule has 0 bridgehead atoms. The molecule has 0 aliphatic carbocycles. The van der Waals surface area contributed by atoms with Crippen molar-refractivity contribution in [2.45, 2.75) is 0 Å². The first-order valence-corrected chi connectivity index (χ1v) is 14.7. The summed E-state index contributed by atoms with van der Waals surface area (Å²) in [5.41, 5.74) is 7.38. The Morgan fingerprint density at radius 1 is 0.609 bits per heavy atom. The van der Waals surface area contributed by atoms with Crippen molar-refractivity contribution in [2.75, 3.05) is 4.90 Å². The van der Waals surface area contributed by atoms with E-state index in [2.05, 4.69) is 10.9 Å². The Kier molecular flexibility index (Phi) is 6.10. The number of aromatic nitrogens is 1. The molecule has 0 atom stereocenters. The molecule has 46 heavy (non-hydrogen) atoms. The van der Waals surface area contributed by atoms with Crippen LogP contribution in [-0.4, -0.2) is 16.4 Å². The number of nitrogens with zero attached hydrogens (tertiary/aromatic N) is 4. The Balaban J connectivity index is 1.40. The molecular weight excluding hydrogens is 568 g/mol. The maximum atomic E-state index is 14.5. The molecule has 214 valence electrons. The first-order chi connectivity index (χ1) is 22.6. The topological polar surface area (TPSA) is 70.5 Å². The summed E-state index contributed by atoms with van der Waals surface area (Å²) >= 11 is 0. The summed E-state index contributed by atoms with van der Waals surface area (Å²) in [6.45, 7) is 7.62. The molecule has 6 aromatic carbocycles. The van der Waals surface area contributed by atoms with E-state index in [4.69, 9.17) is 6.57 Å². The Labute approximate surface area is 264 Å². The molecule has 7 aromatic rings. The Bertz CT molecular complexity index is 2460. The molecule has 0 saturated heterocycles. The standard InChI is InChI=1S/C40H22N4O2/c1-42-28-22-25(24-41)21-27(23-28)30-15-9-16-32-31-14-6-8-19-35(31)43(38(30)32)36-20-10-17-33-37(36)40(46)44(39(33)45)34-18-7-5-13-29(34)26-11-3-2-4-12-26/h2-23H. The SMILES string of the molecule is [C-]#[N+]c1cc(C#N)cc(-c2cccc3c4ccccc4n(-c4cccc5c4C(=O)N(c4ccccc4-c4ccccc4)C5=O)c23)c1. The van der Waals surface area contributed by atoms with E-state index in [0.717, 1.165) is 38.5 Å². The number of nitriles is 1. The van der Waals surface area contributed by atoms with Crippen LogP contribution >= 0.6 is 0 Å². The summed E-state index contributed by atoms with van der Waals surface area (Å²) < 4.78 is 2.03. The van der Waals surface area contributed by atoms with Gasteiger partial charge in [-0.1, -0.05) is 91.0 Å². The Morgan fingerprint density at radius 2 is 1.28 bits per heavy atom. The molecule has 1 aliphatic heterocycles. The molecule has 0 radical (unpaired) electrons. The minimum absolute atomic E-state index is 0.320. The van der Waals surface area contributed by atoms with E-state index >= 15 is 0 Å². The molecule has 1 aliphatic rings. The van der Waals surface area contributed by atoms with E-state index in [0.29, 0.717) is 39.3 Å². The fourth-order valence-electron chi connectivity index (χ4n) is 6.60. The second kappa shape index (κ2) is 10.4. The summed E-state index contributed by atoms with van der Waals surface area (Å²) in [5.74, 6) is -0.779. The lowest BCUT2D eigenvalue weighted by atomic mass is 9.99. The highest BCUT2D eigenvalue weighted by Gasteiger charge is 2.40. The van der Waals surface area contributed by atoms with Gasteiger partial charge in [0, 0.05) is 27.5 Å². The van der Waals surface area contributed by atoms with Gasteiger partial charge in [0.2, 0.25) is 0 Å². The number of rotatable bonds is 4. The Morgan fingerprint density at radius 3 is 2.11 bits per heavy atom. The average molecular weight is 591 g/mol. The molecule has 0 fully saturated rings. The zero-order valence-electron chi connectivity index (χ0n) is 24.3. The largest absolute Gasteiger partial charge is 0.308 e. The highest BCUT2D eigenvalue weighted by molar-refractivity contribution is 6.36. The van der Waals surface area contributed by atoms with E-state index in [1.54, 1.807) is 30.3 Å². The van der Waals surface area contributed by atoms with Gasteiger partial charge in [0.1, 0.15) is 0 Å². The first kappa shape index (κ1) is 26.8. The fraction of sp³-hybridized carbons (Fsp3) is 0.